The SMILES string of the molecule is Cc1cc(C)nc(Nc2n[nH]c3c2CN(C(=O)N[C@@H]2C[C@H]2c2ccccc2)C3(C)C)n1. The number of aromatic amines is 1. The fourth-order valence-corrected chi connectivity index (χ4v) is 4.49. The summed E-state index contributed by atoms with van der Waals surface area (Å²) in [5, 5.41) is 14.0. The maximum absolute atomic E-state index is 13.1. The topological polar surface area (TPSA) is 98.8 Å². The van der Waals surface area contributed by atoms with Crippen LogP contribution in [0, 0.1) is 13.8 Å². The molecule has 1 aliphatic heterocycles. The van der Waals surface area contributed by atoms with Gasteiger partial charge in [-0.05, 0) is 45.7 Å². The molecular formula is C23H27N7O. The average molecular weight is 418 g/mol. The molecule has 0 spiro atoms. The summed E-state index contributed by atoms with van der Waals surface area (Å²) >= 11 is 0. The molecule has 1 aliphatic carbocycles. The lowest BCUT2D eigenvalue weighted by molar-refractivity contribution is 0.142. The fraction of sp³-hybridized carbons (Fsp3) is 0.391. The number of urea groups is 1. The first-order chi connectivity index (χ1) is 14.8. The molecule has 1 saturated carbocycles. The van der Waals surface area contributed by atoms with Crippen molar-refractivity contribution in [1.29, 1.82) is 0 Å². The van der Waals surface area contributed by atoms with E-state index < -0.39 is 5.54 Å². The molecule has 5 rings (SSSR count). The Kier molecular flexibility index (Phi) is 4.46. The fourth-order valence-electron chi connectivity index (χ4n) is 4.49. The van der Waals surface area contributed by atoms with E-state index in [9.17, 15) is 4.79 Å². The van der Waals surface area contributed by atoms with Crippen LogP contribution in [0.1, 0.15) is 54.4 Å². The van der Waals surface area contributed by atoms with E-state index in [1.54, 1.807) is 0 Å². The van der Waals surface area contributed by atoms with Crippen LogP contribution in [-0.4, -0.2) is 37.1 Å². The Labute approximate surface area is 181 Å². The Morgan fingerprint density at radius 3 is 2.58 bits per heavy atom. The van der Waals surface area contributed by atoms with Crippen LogP contribution in [-0.2, 0) is 12.1 Å². The van der Waals surface area contributed by atoms with Crippen molar-refractivity contribution in [2.45, 2.75) is 58.2 Å². The predicted octanol–water partition coefficient (Wildman–Crippen LogP) is 3.88. The van der Waals surface area contributed by atoms with E-state index in [1.807, 2.05) is 56.9 Å². The van der Waals surface area contributed by atoms with Gasteiger partial charge in [-0.15, -0.1) is 0 Å². The molecule has 3 aromatic rings. The lowest BCUT2D eigenvalue weighted by atomic mass is 10.0. The van der Waals surface area contributed by atoms with Crippen molar-refractivity contribution in [2.24, 2.45) is 0 Å². The van der Waals surface area contributed by atoms with Gasteiger partial charge in [0.1, 0.15) is 0 Å². The summed E-state index contributed by atoms with van der Waals surface area (Å²) in [6.45, 7) is 8.42. The molecule has 1 aromatic carbocycles. The summed E-state index contributed by atoms with van der Waals surface area (Å²) in [5.41, 5.74) is 4.47. The zero-order valence-electron chi connectivity index (χ0n) is 18.2. The van der Waals surface area contributed by atoms with Crippen molar-refractivity contribution >= 4 is 17.8 Å². The minimum Gasteiger partial charge on any atom is -0.335 e. The van der Waals surface area contributed by atoms with Crippen LogP contribution in [0.4, 0.5) is 16.6 Å². The Morgan fingerprint density at radius 1 is 1.16 bits per heavy atom. The van der Waals surface area contributed by atoms with E-state index in [4.69, 9.17) is 0 Å². The lowest BCUT2D eigenvalue weighted by Crippen LogP contribution is -2.47. The van der Waals surface area contributed by atoms with E-state index in [2.05, 4.69) is 42.9 Å². The maximum atomic E-state index is 13.1. The van der Waals surface area contributed by atoms with Crippen molar-refractivity contribution < 1.29 is 4.79 Å². The van der Waals surface area contributed by atoms with Gasteiger partial charge >= 0.3 is 6.03 Å². The number of fused-ring (bicyclic) bond motifs is 1. The number of hydrogen-bond donors (Lipinski definition) is 3. The molecule has 2 aromatic heterocycles. The summed E-state index contributed by atoms with van der Waals surface area (Å²) in [6, 6.07) is 12.4. The van der Waals surface area contributed by atoms with Crippen molar-refractivity contribution in [1.82, 2.24) is 30.4 Å². The number of benzene rings is 1. The Hall–Kier alpha value is -3.42. The minimum atomic E-state index is -0.493. The summed E-state index contributed by atoms with van der Waals surface area (Å²) in [5.74, 6) is 1.57. The number of H-pyrrole nitrogens is 1. The molecule has 8 nitrogen and oxygen atoms in total. The number of nitrogens with zero attached hydrogens (tertiary/aromatic N) is 4. The first-order valence-electron chi connectivity index (χ1n) is 10.6. The first kappa shape index (κ1) is 19.5. The average Bonchev–Trinajstić information content (AvgIpc) is 3.27. The summed E-state index contributed by atoms with van der Waals surface area (Å²) in [4.78, 5) is 23.9. The monoisotopic (exact) mass is 417 g/mol. The van der Waals surface area contributed by atoms with Gasteiger partial charge in [-0.2, -0.15) is 5.10 Å². The Bertz CT molecular complexity index is 1120. The highest BCUT2D eigenvalue weighted by Crippen LogP contribution is 2.43. The third-order valence-electron chi connectivity index (χ3n) is 6.25. The number of carbonyl (C=O) groups excluding carboxylic acids is 1. The zero-order valence-corrected chi connectivity index (χ0v) is 18.2. The third kappa shape index (κ3) is 3.52. The van der Waals surface area contributed by atoms with E-state index in [-0.39, 0.29) is 12.1 Å². The van der Waals surface area contributed by atoms with E-state index in [0.29, 0.717) is 24.2 Å². The molecule has 0 unspecified atom stereocenters. The van der Waals surface area contributed by atoms with Crippen LogP contribution in [0.3, 0.4) is 0 Å². The summed E-state index contributed by atoms with van der Waals surface area (Å²) in [6.07, 6.45) is 0.980. The van der Waals surface area contributed by atoms with Gasteiger partial charge in [0, 0.05) is 28.9 Å². The Balaban J connectivity index is 1.31. The second-order valence-corrected chi connectivity index (χ2v) is 8.98. The van der Waals surface area contributed by atoms with E-state index >= 15 is 0 Å². The molecule has 2 amide bonds. The van der Waals surface area contributed by atoms with Gasteiger partial charge in [0.25, 0.3) is 0 Å². The number of rotatable bonds is 4. The van der Waals surface area contributed by atoms with Gasteiger partial charge < -0.3 is 15.5 Å². The van der Waals surface area contributed by atoms with Crippen LogP contribution >= 0.6 is 0 Å². The number of nitrogens with one attached hydrogen (secondary N) is 3. The molecule has 0 saturated heterocycles. The van der Waals surface area contributed by atoms with Gasteiger partial charge in [0.15, 0.2) is 5.82 Å². The zero-order chi connectivity index (χ0) is 21.8. The molecule has 2 aliphatic rings. The molecule has 31 heavy (non-hydrogen) atoms. The number of amides is 2. The quantitative estimate of drug-likeness (QED) is 0.598. The standard InChI is InChI=1S/C23H27N7O/c1-13-10-14(2)25-21(24-13)27-20-17-12-30(23(3,4)19(17)28-29-20)22(31)26-18-11-16(18)15-8-6-5-7-9-15/h5-10,16,18H,11-12H2,1-4H3,(H,26,31)(H2,24,25,27,28,29)/t16-,18+/m0/s1. The molecule has 0 radical (unpaired) electrons. The van der Waals surface area contributed by atoms with Crippen molar-refractivity contribution in [3.05, 3.63) is 64.6 Å². The summed E-state index contributed by atoms with van der Waals surface area (Å²) in [7, 11) is 0. The maximum Gasteiger partial charge on any atom is 0.318 e. The van der Waals surface area contributed by atoms with Gasteiger partial charge in [-0.25, -0.2) is 14.8 Å². The largest absolute Gasteiger partial charge is 0.335 e. The molecule has 1 fully saturated rings. The van der Waals surface area contributed by atoms with E-state index in [0.717, 1.165) is 29.1 Å². The van der Waals surface area contributed by atoms with Gasteiger partial charge in [0.05, 0.1) is 17.8 Å². The highest BCUT2D eigenvalue weighted by atomic mass is 16.2. The highest BCUT2D eigenvalue weighted by Gasteiger charge is 2.46. The highest BCUT2D eigenvalue weighted by molar-refractivity contribution is 5.78. The normalized spacial score (nSPS) is 21.0. The van der Waals surface area contributed by atoms with Crippen LogP contribution in [0.5, 0.6) is 0 Å². The van der Waals surface area contributed by atoms with Gasteiger partial charge in [-0.3, -0.25) is 5.10 Å². The molecule has 3 heterocycles. The smallest absolute Gasteiger partial charge is 0.318 e. The molecular weight excluding hydrogens is 390 g/mol. The number of hydrogen-bond acceptors (Lipinski definition) is 5. The van der Waals surface area contributed by atoms with Crippen molar-refractivity contribution in [3.63, 3.8) is 0 Å². The van der Waals surface area contributed by atoms with Crippen LogP contribution < -0.4 is 10.6 Å². The molecule has 2 atom stereocenters. The number of carbonyl (C=O) groups is 1. The Morgan fingerprint density at radius 2 is 1.87 bits per heavy atom. The third-order valence-corrected chi connectivity index (χ3v) is 6.25. The molecule has 160 valence electrons. The second kappa shape index (κ2) is 7.08. The minimum absolute atomic E-state index is 0.0494. The summed E-state index contributed by atoms with van der Waals surface area (Å²) < 4.78 is 0. The molecule has 0 bridgehead atoms. The van der Waals surface area contributed by atoms with Crippen LogP contribution in [0.25, 0.3) is 0 Å². The lowest BCUT2D eigenvalue weighted by Gasteiger charge is -2.32. The van der Waals surface area contributed by atoms with Crippen molar-refractivity contribution in [3.8, 4) is 0 Å². The second-order valence-electron chi connectivity index (χ2n) is 8.98. The predicted molar refractivity (Wildman–Crippen MR) is 118 cm³/mol. The number of anilines is 2. The van der Waals surface area contributed by atoms with Crippen LogP contribution in [0.15, 0.2) is 36.4 Å². The first-order valence-corrected chi connectivity index (χ1v) is 10.6. The van der Waals surface area contributed by atoms with Gasteiger partial charge in [0.2, 0.25) is 5.95 Å². The van der Waals surface area contributed by atoms with E-state index in [1.165, 1.54) is 5.56 Å². The molecule has 8 heteroatoms. The van der Waals surface area contributed by atoms with Crippen LogP contribution in [0.2, 0.25) is 0 Å². The van der Waals surface area contributed by atoms with Crippen molar-refractivity contribution in [2.75, 3.05) is 5.32 Å². The number of aryl methyl sites for hydroxylation is 2. The molecule has 3 N–H and O–H groups in total. The number of aromatic nitrogens is 4. The van der Waals surface area contributed by atoms with Gasteiger partial charge in [-0.1, -0.05) is 30.3 Å².